The molecule has 1 unspecified atom stereocenters. The molecule has 1 fully saturated rings. The first-order chi connectivity index (χ1) is 14.7. The Labute approximate surface area is 180 Å². The number of anilines is 1. The summed E-state index contributed by atoms with van der Waals surface area (Å²) in [5, 5.41) is 15.1. The second kappa shape index (κ2) is 10.0. The standard InChI is InChI=1S/C21H26N4O4S/c1-2-27-21-19-4-3-18(15-20(19)29-23-21)28-14-8-17(26)7-11-24-12-13-25(30-24)16-5-9-22-10-6-16/h3-6,9-10,15,17,26H,2,7-8,11-14H2,1H3. The molecule has 1 saturated heterocycles. The van der Waals surface area contributed by atoms with Gasteiger partial charge in [0.05, 0.1) is 30.4 Å². The number of pyridine rings is 1. The number of hydrogen-bond donors (Lipinski definition) is 1. The van der Waals surface area contributed by atoms with Crippen LogP contribution in [0.4, 0.5) is 5.69 Å². The molecule has 0 aliphatic carbocycles. The number of nitrogens with zero attached hydrogens (tertiary/aromatic N) is 4. The molecule has 0 amide bonds. The molecule has 0 radical (unpaired) electrons. The lowest BCUT2D eigenvalue weighted by atomic mass is 10.2. The Bertz CT molecular complexity index is 939. The zero-order valence-electron chi connectivity index (χ0n) is 16.9. The van der Waals surface area contributed by atoms with Crippen molar-refractivity contribution < 1.29 is 19.1 Å². The van der Waals surface area contributed by atoms with E-state index in [9.17, 15) is 5.11 Å². The maximum Gasteiger partial charge on any atom is 0.262 e. The van der Waals surface area contributed by atoms with Gasteiger partial charge in [-0.1, -0.05) is 0 Å². The molecule has 1 aromatic carbocycles. The summed E-state index contributed by atoms with van der Waals surface area (Å²) in [5.74, 6) is 1.19. The Balaban J connectivity index is 1.17. The van der Waals surface area contributed by atoms with Crippen LogP contribution < -0.4 is 13.8 Å². The van der Waals surface area contributed by atoms with E-state index in [2.05, 4.69) is 18.8 Å². The lowest BCUT2D eigenvalue weighted by Crippen LogP contribution is -2.21. The van der Waals surface area contributed by atoms with Crippen molar-refractivity contribution >= 4 is 28.8 Å². The average Bonchev–Trinajstić information content (AvgIpc) is 3.40. The lowest BCUT2D eigenvalue weighted by molar-refractivity contribution is 0.126. The topological polar surface area (TPSA) is 84.1 Å². The smallest absolute Gasteiger partial charge is 0.262 e. The molecule has 2 aromatic heterocycles. The van der Waals surface area contributed by atoms with Gasteiger partial charge in [0, 0.05) is 56.6 Å². The molecule has 0 spiro atoms. The van der Waals surface area contributed by atoms with Gasteiger partial charge in [0.2, 0.25) is 0 Å². The number of aromatic nitrogens is 2. The molecule has 9 heteroatoms. The number of ether oxygens (including phenoxy) is 2. The predicted octanol–water partition coefficient (Wildman–Crippen LogP) is 3.53. The maximum atomic E-state index is 10.3. The third kappa shape index (κ3) is 5.16. The van der Waals surface area contributed by atoms with Crippen LogP contribution in [0, 0.1) is 0 Å². The van der Waals surface area contributed by atoms with Crippen molar-refractivity contribution in [3.05, 3.63) is 42.7 Å². The van der Waals surface area contributed by atoms with Gasteiger partial charge in [0.15, 0.2) is 5.58 Å². The van der Waals surface area contributed by atoms with E-state index in [1.54, 1.807) is 30.6 Å². The summed E-state index contributed by atoms with van der Waals surface area (Å²) >= 11 is 1.70. The second-order valence-corrected chi connectivity index (χ2v) is 8.10. The third-order valence-corrected chi connectivity index (χ3v) is 6.03. The molecular formula is C21H26N4O4S. The zero-order chi connectivity index (χ0) is 20.8. The number of aliphatic hydroxyl groups excluding tert-OH is 1. The molecular weight excluding hydrogens is 404 g/mol. The van der Waals surface area contributed by atoms with Gasteiger partial charge in [0.1, 0.15) is 5.75 Å². The minimum atomic E-state index is -0.404. The lowest BCUT2D eigenvalue weighted by Gasteiger charge is -2.19. The number of hydrogen-bond acceptors (Lipinski definition) is 9. The van der Waals surface area contributed by atoms with Crippen LogP contribution in [0.1, 0.15) is 19.8 Å². The minimum Gasteiger partial charge on any atom is -0.493 e. The van der Waals surface area contributed by atoms with Gasteiger partial charge in [0.25, 0.3) is 5.88 Å². The predicted molar refractivity (Wildman–Crippen MR) is 117 cm³/mol. The third-order valence-electron chi connectivity index (χ3n) is 4.84. The summed E-state index contributed by atoms with van der Waals surface area (Å²) in [6.07, 6.45) is 4.49. The largest absolute Gasteiger partial charge is 0.493 e. The Morgan fingerprint density at radius 3 is 2.87 bits per heavy atom. The number of rotatable bonds is 10. The van der Waals surface area contributed by atoms with Gasteiger partial charge in [-0.05, 0) is 42.8 Å². The van der Waals surface area contributed by atoms with Crippen LogP contribution in [-0.2, 0) is 0 Å². The van der Waals surface area contributed by atoms with Crippen LogP contribution in [0.3, 0.4) is 0 Å². The quantitative estimate of drug-likeness (QED) is 0.486. The van der Waals surface area contributed by atoms with E-state index in [-0.39, 0.29) is 0 Å². The zero-order valence-corrected chi connectivity index (χ0v) is 17.8. The average molecular weight is 431 g/mol. The van der Waals surface area contributed by atoms with Crippen molar-refractivity contribution in [2.45, 2.75) is 25.9 Å². The van der Waals surface area contributed by atoms with Crippen molar-refractivity contribution in [1.29, 1.82) is 0 Å². The molecule has 4 rings (SSSR count). The number of aliphatic hydroxyl groups is 1. The van der Waals surface area contributed by atoms with Gasteiger partial charge in [-0.25, -0.2) is 4.31 Å². The normalized spacial score (nSPS) is 15.6. The molecule has 1 aliphatic rings. The minimum absolute atomic E-state index is 0.404. The Kier molecular flexibility index (Phi) is 6.93. The summed E-state index contributed by atoms with van der Waals surface area (Å²) < 4.78 is 21.0. The highest BCUT2D eigenvalue weighted by Gasteiger charge is 2.22. The number of benzene rings is 1. The first-order valence-electron chi connectivity index (χ1n) is 10.2. The van der Waals surface area contributed by atoms with Gasteiger partial charge in [-0.15, -0.1) is 0 Å². The molecule has 1 aliphatic heterocycles. The van der Waals surface area contributed by atoms with Crippen LogP contribution in [0.5, 0.6) is 11.6 Å². The van der Waals surface area contributed by atoms with Crippen LogP contribution in [0.2, 0.25) is 0 Å². The van der Waals surface area contributed by atoms with Crippen molar-refractivity contribution in [2.24, 2.45) is 0 Å². The molecule has 160 valence electrons. The summed E-state index contributed by atoms with van der Waals surface area (Å²) in [6, 6.07) is 9.56. The number of fused-ring (bicyclic) bond motifs is 1. The molecule has 30 heavy (non-hydrogen) atoms. The van der Waals surface area contributed by atoms with Crippen LogP contribution in [0.25, 0.3) is 11.0 Å². The van der Waals surface area contributed by atoms with E-state index in [1.807, 2.05) is 31.2 Å². The molecule has 3 aromatic rings. The van der Waals surface area contributed by atoms with E-state index in [0.29, 0.717) is 43.3 Å². The van der Waals surface area contributed by atoms with Crippen molar-refractivity contribution in [2.75, 3.05) is 37.2 Å². The SMILES string of the molecule is CCOc1noc2cc(OCCC(O)CCN3CCN(c4ccncc4)S3)ccc12. The first kappa shape index (κ1) is 20.8. The molecule has 1 atom stereocenters. The van der Waals surface area contributed by atoms with Gasteiger partial charge in [-0.3, -0.25) is 4.98 Å². The fraction of sp³-hybridized carbons (Fsp3) is 0.429. The van der Waals surface area contributed by atoms with Crippen molar-refractivity contribution in [3.63, 3.8) is 0 Å². The molecule has 0 saturated carbocycles. The Hall–Kier alpha value is -2.49. The van der Waals surface area contributed by atoms with Gasteiger partial charge in [-0.2, -0.15) is 0 Å². The summed E-state index contributed by atoms with van der Waals surface area (Å²) in [7, 11) is 0. The van der Waals surface area contributed by atoms with Crippen molar-refractivity contribution in [1.82, 2.24) is 14.4 Å². The van der Waals surface area contributed by atoms with Crippen LogP contribution >= 0.6 is 12.1 Å². The molecule has 1 N–H and O–H groups in total. The first-order valence-corrected chi connectivity index (χ1v) is 10.9. The van der Waals surface area contributed by atoms with E-state index < -0.39 is 6.10 Å². The van der Waals surface area contributed by atoms with Crippen LogP contribution in [-0.4, -0.2) is 58.5 Å². The highest BCUT2D eigenvalue weighted by molar-refractivity contribution is 7.98. The van der Waals surface area contributed by atoms with Crippen molar-refractivity contribution in [3.8, 4) is 11.6 Å². The summed E-state index contributed by atoms with van der Waals surface area (Å²) in [5.41, 5.74) is 1.78. The van der Waals surface area contributed by atoms with E-state index >= 15 is 0 Å². The van der Waals surface area contributed by atoms with Gasteiger partial charge < -0.3 is 23.4 Å². The monoisotopic (exact) mass is 430 g/mol. The molecule has 3 heterocycles. The summed E-state index contributed by atoms with van der Waals surface area (Å²) in [4.78, 5) is 4.06. The highest BCUT2D eigenvalue weighted by Crippen LogP contribution is 2.30. The van der Waals surface area contributed by atoms with E-state index in [1.165, 1.54) is 0 Å². The molecule has 0 bridgehead atoms. The van der Waals surface area contributed by atoms with Gasteiger partial charge >= 0.3 is 0 Å². The highest BCUT2D eigenvalue weighted by atomic mass is 32.2. The Morgan fingerprint density at radius 1 is 1.17 bits per heavy atom. The molecule has 8 nitrogen and oxygen atoms in total. The fourth-order valence-corrected chi connectivity index (χ4v) is 4.25. The van der Waals surface area contributed by atoms with E-state index in [4.69, 9.17) is 14.0 Å². The van der Waals surface area contributed by atoms with E-state index in [0.717, 1.165) is 30.7 Å². The maximum absolute atomic E-state index is 10.3. The Morgan fingerprint density at radius 2 is 2.03 bits per heavy atom. The summed E-state index contributed by atoms with van der Waals surface area (Å²) in [6.45, 7) is 5.64. The second-order valence-electron chi connectivity index (χ2n) is 6.98. The van der Waals surface area contributed by atoms with Crippen LogP contribution in [0.15, 0.2) is 47.2 Å². The fourth-order valence-electron chi connectivity index (χ4n) is 3.24.